The molecule has 0 rings (SSSR count). The fourth-order valence-electron chi connectivity index (χ4n) is 1.00. The molecule has 3 N–H and O–H groups in total. The van der Waals surface area contributed by atoms with Gasteiger partial charge in [-0.05, 0) is 33.6 Å². The molecule has 1 amide bonds. The normalized spacial score (nSPS) is 13.0. The lowest BCUT2D eigenvalue weighted by atomic mass is 10.1. The number of ether oxygens (including phenoxy) is 1. The van der Waals surface area contributed by atoms with Crippen molar-refractivity contribution < 1.29 is 24.5 Å². The summed E-state index contributed by atoms with van der Waals surface area (Å²) < 4.78 is 4.92. The van der Waals surface area contributed by atoms with Gasteiger partial charge in [0.05, 0.1) is 0 Å². The Kier molecular flexibility index (Phi) is 5.81. The number of aliphatic hydroxyl groups is 1. The number of hydrogen-bond acceptors (Lipinski definition) is 4. The van der Waals surface area contributed by atoms with Gasteiger partial charge in [-0.1, -0.05) is 0 Å². The minimum absolute atomic E-state index is 0.111. The molecular weight excluding hydrogens is 214 g/mol. The second kappa shape index (κ2) is 6.32. The lowest BCUT2D eigenvalue weighted by Crippen LogP contribution is -2.43. The summed E-state index contributed by atoms with van der Waals surface area (Å²) in [5.74, 6) is -1.14. The summed E-state index contributed by atoms with van der Waals surface area (Å²) in [7, 11) is 0. The van der Waals surface area contributed by atoms with Crippen LogP contribution >= 0.6 is 0 Å². The van der Waals surface area contributed by atoms with Crippen LogP contribution in [0.3, 0.4) is 0 Å². The van der Waals surface area contributed by atoms with Crippen LogP contribution in [0.15, 0.2) is 0 Å². The minimum atomic E-state index is -1.14. The molecule has 0 aromatic carbocycles. The monoisotopic (exact) mass is 233 g/mol. The SMILES string of the molecule is CC(C)(C)OC(=O)N[C@@H](CCCO)C(=O)O. The molecule has 0 aliphatic heterocycles. The highest BCUT2D eigenvalue weighted by molar-refractivity contribution is 5.79. The van der Waals surface area contributed by atoms with E-state index in [-0.39, 0.29) is 13.0 Å². The topological polar surface area (TPSA) is 95.9 Å². The number of amides is 1. The largest absolute Gasteiger partial charge is 0.480 e. The number of aliphatic carboxylic acids is 1. The lowest BCUT2D eigenvalue weighted by Gasteiger charge is -2.21. The number of alkyl carbamates (subject to hydrolysis) is 1. The number of hydrogen-bond donors (Lipinski definition) is 3. The van der Waals surface area contributed by atoms with E-state index in [0.717, 1.165) is 0 Å². The number of carbonyl (C=O) groups is 2. The molecule has 0 radical (unpaired) electrons. The van der Waals surface area contributed by atoms with E-state index in [4.69, 9.17) is 14.9 Å². The predicted octanol–water partition coefficient (Wildman–Crippen LogP) is 0.737. The molecule has 16 heavy (non-hydrogen) atoms. The van der Waals surface area contributed by atoms with Gasteiger partial charge in [-0.3, -0.25) is 0 Å². The number of carboxylic acid groups (broad SMARTS) is 1. The average molecular weight is 233 g/mol. The Bertz CT molecular complexity index is 246. The van der Waals surface area contributed by atoms with E-state index < -0.39 is 23.7 Å². The number of nitrogens with one attached hydrogen (secondary N) is 1. The van der Waals surface area contributed by atoms with Crippen LogP contribution in [0.2, 0.25) is 0 Å². The van der Waals surface area contributed by atoms with Crippen LogP contribution in [-0.2, 0) is 9.53 Å². The van der Waals surface area contributed by atoms with Crippen molar-refractivity contribution in [3.63, 3.8) is 0 Å². The molecule has 0 aliphatic carbocycles. The van der Waals surface area contributed by atoms with Crippen molar-refractivity contribution in [1.82, 2.24) is 5.32 Å². The third-order valence-electron chi connectivity index (χ3n) is 1.64. The molecule has 0 saturated carbocycles. The zero-order chi connectivity index (χ0) is 12.8. The van der Waals surface area contributed by atoms with E-state index in [9.17, 15) is 9.59 Å². The van der Waals surface area contributed by atoms with Gasteiger partial charge < -0.3 is 20.3 Å². The maximum atomic E-state index is 11.3. The first-order valence-electron chi connectivity index (χ1n) is 5.09. The number of carbonyl (C=O) groups excluding carboxylic acids is 1. The quantitative estimate of drug-likeness (QED) is 0.650. The summed E-state index contributed by atoms with van der Waals surface area (Å²) >= 11 is 0. The Hall–Kier alpha value is -1.30. The van der Waals surface area contributed by atoms with Crippen LogP contribution in [0, 0.1) is 0 Å². The summed E-state index contributed by atoms with van der Waals surface area (Å²) in [6, 6.07) is -1.03. The Balaban J connectivity index is 4.19. The summed E-state index contributed by atoms with van der Waals surface area (Å²) in [6.07, 6.45) is -0.282. The molecule has 94 valence electrons. The fourth-order valence-corrected chi connectivity index (χ4v) is 1.00. The molecule has 6 nitrogen and oxygen atoms in total. The number of rotatable bonds is 5. The summed E-state index contributed by atoms with van der Waals surface area (Å²) in [6.45, 7) is 4.96. The maximum Gasteiger partial charge on any atom is 0.408 e. The van der Waals surface area contributed by atoms with Crippen molar-refractivity contribution in [3.05, 3.63) is 0 Å². The van der Waals surface area contributed by atoms with Gasteiger partial charge in [0.15, 0.2) is 0 Å². The van der Waals surface area contributed by atoms with Gasteiger partial charge in [0, 0.05) is 6.61 Å². The van der Waals surface area contributed by atoms with Crippen molar-refractivity contribution in [1.29, 1.82) is 0 Å². The highest BCUT2D eigenvalue weighted by atomic mass is 16.6. The third kappa shape index (κ3) is 7.05. The summed E-state index contributed by atoms with van der Waals surface area (Å²) in [5.41, 5.74) is -0.663. The van der Waals surface area contributed by atoms with Gasteiger partial charge in [0.25, 0.3) is 0 Å². The molecule has 0 fully saturated rings. The smallest absolute Gasteiger partial charge is 0.408 e. The van der Waals surface area contributed by atoms with Gasteiger partial charge in [-0.15, -0.1) is 0 Å². The van der Waals surface area contributed by atoms with Gasteiger partial charge in [0.1, 0.15) is 11.6 Å². The average Bonchev–Trinajstić information content (AvgIpc) is 2.08. The molecule has 0 aromatic heterocycles. The first-order chi connectivity index (χ1) is 7.26. The van der Waals surface area contributed by atoms with Crippen molar-refractivity contribution in [2.45, 2.75) is 45.3 Å². The predicted molar refractivity (Wildman–Crippen MR) is 57.1 cm³/mol. The third-order valence-corrected chi connectivity index (χ3v) is 1.64. The van der Waals surface area contributed by atoms with Gasteiger partial charge in [-0.2, -0.15) is 0 Å². The first-order valence-corrected chi connectivity index (χ1v) is 5.09. The van der Waals surface area contributed by atoms with Crippen LogP contribution in [0.25, 0.3) is 0 Å². The Morgan fingerprint density at radius 2 is 1.94 bits per heavy atom. The Morgan fingerprint density at radius 3 is 2.31 bits per heavy atom. The highest BCUT2D eigenvalue weighted by Crippen LogP contribution is 2.07. The molecule has 0 unspecified atom stereocenters. The second-order valence-electron chi connectivity index (χ2n) is 4.40. The number of aliphatic hydroxyl groups excluding tert-OH is 1. The fraction of sp³-hybridized carbons (Fsp3) is 0.800. The van der Waals surface area contributed by atoms with Crippen LogP contribution in [-0.4, -0.2) is 40.5 Å². The zero-order valence-electron chi connectivity index (χ0n) is 9.82. The number of carboxylic acids is 1. The molecule has 0 heterocycles. The summed E-state index contributed by atoms with van der Waals surface area (Å²) in [5, 5.41) is 19.6. The van der Waals surface area contributed by atoms with Crippen LogP contribution in [0.4, 0.5) is 4.79 Å². The maximum absolute atomic E-state index is 11.3. The first kappa shape index (κ1) is 14.7. The molecule has 0 bridgehead atoms. The molecular formula is C10H19NO5. The molecule has 0 saturated heterocycles. The van der Waals surface area contributed by atoms with Gasteiger partial charge >= 0.3 is 12.1 Å². The van der Waals surface area contributed by atoms with Crippen molar-refractivity contribution in [2.75, 3.05) is 6.61 Å². The standard InChI is InChI=1S/C10H19NO5/c1-10(2,3)16-9(15)11-7(8(13)14)5-4-6-12/h7,12H,4-6H2,1-3H3,(H,11,15)(H,13,14)/t7-/m0/s1. The van der Waals surface area contributed by atoms with Gasteiger partial charge in [-0.25, -0.2) is 9.59 Å². The lowest BCUT2D eigenvalue weighted by molar-refractivity contribution is -0.139. The Labute approximate surface area is 94.6 Å². The van der Waals surface area contributed by atoms with Crippen LogP contribution in [0.1, 0.15) is 33.6 Å². The minimum Gasteiger partial charge on any atom is -0.480 e. The van der Waals surface area contributed by atoms with E-state index in [2.05, 4.69) is 5.32 Å². The van der Waals surface area contributed by atoms with E-state index in [1.54, 1.807) is 20.8 Å². The van der Waals surface area contributed by atoms with Crippen LogP contribution < -0.4 is 5.32 Å². The van der Waals surface area contributed by atoms with E-state index >= 15 is 0 Å². The molecule has 0 aliphatic rings. The molecule has 1 atom stereocenters. The van der Waals surface area contributed by atoms with E-state index in [1.807, 2.05) is 0 Å². The highest BCUT2D eigenvalue weighted by Gasteiger charge is 2.23. The van der Waals surface area contributed by atoms with E-state index in [1.165, 1.54) is 0 Å². The van der Waals surface area contributed by atoms with Crippen LogP contribution in [0.5, 0.6) is 0 Å². The Morgan fingerprint density at radius 1 is 1.38 bits per heavy atom. The van der Waals surface area contributed by atoms with E-state index in [0.29, 0.717) is 6.42 Å². The second-order valence-corrected chi connectivity index (χ2v) is 4.40. The van der Waals surface area contributed by atoms with Crippen molar-refractivity contribution in [2.24, 2.45) is 0 Å². The molecule has 6 heteroatoms. The molecule has 0 aromatic rings. The van der Waals surface area contributed by atoms with Crippen molar-refractivity contribution in [3.8, 4) is 0 Å². The molecule has 0 spiro atoms. The zero-order valence-corrected chi connectivity index (χ0v) is 9.82. The van der Waals surface area contributed by atoms with Gasteiger partial charge in [0.2, 0.25) is 0 Å². The summed E-state index contributed by atoms with van der Waals surface area (Å²) in [4.78, 5) is 22.0. The van der Waals surface area contributed by atoms with Crippen molar-refractivity contribution >= 4 is 12.1 Å².